The van der Waals surface area contributed by atoms with Crippen molar-refractivity contribution in [3.63, 3.8) is 0 Å². The van der Waals surface area contributed by atoms with Crippen molar-refractivity contribution in [2.45, 2.75) is 6.42 Å². The van der Waals surface area contributed by atoms with Gasteiger partial charge in [-0.3, -0.25) is 9.55 Å². The van der Waals surface area contributed by atoms with E-state index in [1.54, 1.807) is 0 Å². The van der Waals surface area contributed by atoms with Crippen LogP contribution in [0, 0.1) is 0 Å². The van der Waals surface area contributed by atoms with Crippen LogP contribution < -0.4 is 0 Å². The topological polar surface area (TPSA) is 35.9 Å². The average Bonchev–Trinajstić information content (AvgIpc) is 3.82. The highest BCUT2D eigenvalue weighted by Gasteiger charge is 2.20. The van der Waals surface area contributed by atoms with E-state index in [0.29, 0.717) is 0 Å². The molecule has 0 amide bonds. The summed E-state index contributed by atoms with van der Waals surface area (Å²) in [7, 11) is 0. The van der Waals surface area contributed by atoms with Gasteiger partial charge in [-0.25, -0.2) is 0 Å². The van der Waals surface area contributed by atoms with Gasteiger partial charge in [-0.2, -0.15) is 0 Å². The number of allylic oxidation sites excluding steroid dienone is 6. The van der Waals surface area contributed by atoms with Crippen LogP contribution in [0.3, 0.4) is 0 Å². The van der Waals surface area contributed by atoms with Crippen LogP contribution in [0.4, 0.5) is 0 Å². The minimum absolute atomic E-state index is 0.822. The first-order valence-corrected chi connectivity index (χ1v) is 18.4. The van der Waals surface area contributed by atoms with E-state index in [9.17, 15) is 0 Å². The van der Waals surface area contributed by atoms with Gasteiger partial charge in [0.2, 0.25) is 5.88 Å². The fourth-order valence-electron chi connectivity index (χ4n) is 8.31. The lowest BCUT2D eigenvalue weighted by Gasteiger charge is -2.16. The minimum Gasteiger partial charge on any atom is -0.440 e. The standard InChI is InChI=1S/C50H33N3O/c1-2-4-14-33(13-3-1)40-31-36(43-18-11-12-28-51-43)24-27-46(40)52-44-19-8-6-16-38(44)41-29-34(22-25-47(41)52)35-23-26-48-42(30-35)39-17-7-9-20-45(39)53(48)50-32-37-15-5-10-21-49(37)54-50/h1-3,5-32H,4H2. The van der Waals surface area contributed by atoms with E-state index < -0.39 is 0 Å². The summed E-state index contributed by atoms with van der Waals surface area (Å²) < 4.78 is 11.1. The largest absolute Gasteiger partial charge is 0.440 e. The SMILES string of the molecule is C1=CCC=C(c2cc(-c3ccccn3)ccc2-n2c3ccccc3c3cc(-c4ccc5c(c4)c4ccccc4n5-c4cc5ccccc5o4)ccc32)C=C1. The molecule has 10 aromatic rings. The molecule has 0 atom stereocenters. The summed E-state index contributed by atoms with van der Waals surface area (Å²) in [5, 5.41) is 5.94. The van der Waals surface area contributed by atoms with Gasteiger partial charge in [0.15, 0.2) is 0 Å². The third kappa shape index (κ3) is 4.81. The Morgan fingerprint density at radius 3 is 1.94 bits per heavy atom. The van der Waals surface area contributed by atoms with Gasteiger partial charge in [0, 0.05) is 50.3 Å². The Morgan fingerprint density at radius 1 is 0.519 bits per heavy atom. The van der Waals surface area contributed by atoms with Gasteiger partial charge in [-0.05, 0) is 89.9 Å². The smallest absolute Gasteiger partial charge is 0.205 e. The van der Waals surface area contributed by atoms with Gasteiger partial charge in [0.05, 0.1) is 33.4 Å². The van der Waals surface area contributed by atoms with Crippen LogP contribution in [-0.2, 0) is 0 Å². The summed E-state index contributed by atoms with van der Waals surface area (Å²) in [5.41, 5.74) is 13.4. The van der Waals surface area contributed by atoms with Crippen molar-refractivity contribution in [2.75, 3.05) is 0 Å². The second-order valence-corrected chi connectivity index (χ2v) is 13.9. The van der Waals surface area contributed by atoms with Crippen LogP contribution in [-0.4, -0.2) is 14.1 Å². The molecular formula is C50H33N3O. The molecular weight excluding hydrogens is 659 g/mol. The van der Waals surface area contributed by atoms with E-state index in [0.717, 1.165) is 51.3 Å². The zero-order valence-corrected chi connectivity index (χ0v) is 29.4. The number of nitrogens with zero attached hydrogens (tertiary/aromatic N) is 3. The Labute approximate surface area is 311 Å². The highest BCUT2D eigenvalue weighted by molar-refractivity contribution is 6.13. The summed E-state index contributed by atoms with van der Waals surface area (Å²) in [5.74, 6) is 0.822. The van der Waals surface area contributed by atoms with E-state index in [-0.39, 0.29) is 0 Å². The molecule has 4 heteroatoms. The van der Waals surface area contributed by atoms with E-state index in [1.807, 2.05) is 30.5 Å². The van der Waals surface area contributed by atoms with Crippen molar-refractivity contribution in [2.24, 2.45) is 0 Å². The Morgan fingerprint density at radius 2 is 1.19 bits per heavy atom. The fraction of sp³-hybridized carbons (Fsp3) is 0.0200. The van der Waals surface area contributed by atoms with Crippen molar-refractivity contribution < 1.29 is 4.42 Å². The maximum Gasteiger partial charge on any atom is 0.205 e. The van der Waals surface area contributed by atoms with Crippen molar-refractivity contribution >= 4 is 60.2 Å². The molecule has 254 valence electrons. The van der Waals surface area contributed by atoms with Crippen LogP contribution in [0.15, 0.2) is 193 Å². The Hall–Kier alpha value is -7.17. The first-order chi connectivity index (χ1) is 26.8. The molecule has 0 saturated carbocycles. The minimum atomic E-state index is 0.822. The maximum atomic E-state index is 6.40. The molecule has 54 heavy (non-hydrogen) atoms. The maximum absolute atomic E-state index is 6.40. The molecule has 0 bridgehead atoms. The molecule has 11 rings (SSSR count). The molecule has 6 aromatic carbocycles. The third-order valence-electron chi connectivity index (χ3n) is 10.8. The van der Waals surface area contributed by atoms with Crippen LogP contribution >= 0.6 is 0 Å². The summed E-state index contributed by atoms with van der Waals surface area (Å²) in [6.45, 7) is 0. The number of rotatable bonds is 5. The van der Waals surface area contributed by atoms with Gasteiger partial charge in [-0.15, -0.1) is 0 Å². The van der Waals surface area contributed by atoms with Gasteiger partial charge in [0.1, 0.15) is 5.58 Å². The van der Waals surface area contributed by atoms with Crippen LogP contribution in [0.1, 0.15) is 12.0 Å². The number of aromatic nitrogens is 3. The summed E-state index contributed by atoms with van der Waals surface area (Å²) in [4.78, 5) is 4.68. The quantitative estimate of drug-likeness (QED) is 0.180. The predicted octanol–water partition coefficient (Wildman–Crippen LogP) is 13.3. The molecule has 4 nitrogen and oxygen atoms in total. The molecule has 0 radical (unpaired) electrons. The number of para-hydroxylation sites is 3. The van der Waals surface area contributed by atoms with Crippen LogP contribution in [0.25, 0.3) is 94.1 Å². The normalized spacial score (nSPS) is 13.1. The third-order valence-corrected chi connectivity index (χ3v) is 10.8. The lowest BCUT2D eigenvalue weighted by molar-refractivity contribution is 0.590. The van der Waals surface area contributed by atoms with E-state index in [1.165, 1.54) is 54.8 Å². The molecule has 0 unspecified atom stereocenters. The molecule has 1 aliphatic rings. The zero-order chi connectivity index (χ0) is 35.6. The summed E-state index contributed by atoms with van der Waals surface area (Å²) >= 11 is 0. The Kier molecular flexibility index (Phi) is 6.89. The van der Waals surface area contributed by atoms with Crippen molar-refractivity contribution in [3.05, 3.63) is 194 Å². The second kappa shape index (κ2) is 12.2. The van der Waals surface area contributed by atoms with Gasteiger partial charge in [0.25, 0.3) is 0 Å². The lowest BCUT2D eigenvalue weighted by Crippen LogP contribution is -2.00. The first kappa shape index (κ1) is 30.5. The van der Waals surface area contributed by atoms with Crippen molar-refractivity contribution in [1.29, 1.82) is 0 Å². The van der Waals surface area contributed by atoms with Crippen molar-refractivity contribution in [3.8, 4) is 34.0 Å². The zero-order valence-electron chi connectivity index (χ0n) is 29.4. The molecule has 0 spiro atoms. The van der Waals surface area contributed by atoms with E-state index in [4.69, 9.17) is 4.42 Å². The number of hydrogen-bond acceptors (Lipinski definition) is 2. The second-order valence-electron chi connectivity index (χ2n) is 13.9. The number of pyridine rings is 1. The number of furan rings is 1. The molecule has 0 fully saturated rings. The number of fused-ring (bicyclic) bond motifs is 7. The highest BCUT2D eigenvalue weighted by Crippen LogP contribution is 2.40. The fourth-order valence-corrected chi connectivity index (χ4v) is 8.31. The van der Waals surface area contributed by atoms with Crippen LogP contribution in [0.2, 0.25) is 0 Å². The molecule has 0 aliphatic heterocycles. The highest BCUT2D eigenvalue weighted by atomic mass is 16.4. The summed E-state index contributed by atoms with van der Waals surface area (Å²) in [6, 6.07) is 54.3. The van der Waals surface area contributed by atoms with E-state index >= 15 is 0 Å². The number of hydrogen-bond donors (Lipinski definition) is 0. The Bertz CT molecular complexity index is 3150. The molecule has 0 saturated heterocycles. The van der Waals surface area contributed by atoms with E-state index in [2.05, 4.69) is 172 Å². The molecule has 4 heterocycles. The average molecular weight is 692 g/mol. The van der Waals surface area contributed by atoms with Crippen molar-refractivity contribution in [1.82, 2.24) is 14.1 Å². The molecule has 1 aliphatic carbocycles. The van der Waals surface area contributed by atoms with Gasteiger partial charge < -0.3 is 8.98 Å². The Balaban J connectivity index is 1.09. The molecule has 0 N–H and O–H groups in total. The monoisotopic (exact) mass is 691 g/mol. The van der Waals surface area contributed by atoms with Crippen LogP contribution in [0.5, 0.6) is 0 Å². The lowest BCUT2D eigenvalue weighted by atomic mass is 9.98. The molecule has 4 aromatic heterocycles. The summed E-state index contributed by atoms with van der Waals surface area (Å²) in [6.07, 6.45) is 13.7. The predicted molar refractivity (Wildman–Crippen MR) is 224 cm³/mol. The van der Waals surface area contributed by atoms with Gasteiger partial charge in [-0.1, -0.05) is 109 Å². The van der Waals surface area contributed by atoms with Gasteiger partial charge >= 0.3 is 0 Å². The number of benzene rings is 6. The first-order valence-electron chi connectivity index (χ1n) is 18.4.